The Hall–Kier alpha value is -1.05. The molecule has 14 heavy (non-hydrogen) atoms. The molecular formula is C12H21NO. The molecule has 0 bridgehead atoms. The molecule has 0 aromatic carbocycles. The molecule has 0 aliphatic rings. The molecule has 0 aliphatic carbocycles. The predicted octanol–water partition coefficient (Wildman–Crippen LogP) is 3.51. The Bertz CT molecular complexity index is 269. The number of hydrogen-bond donors (Lipinski definition) is 0. The van der Waals surface area contributed by atoms with Gasteiger partial charge in [0.15, 0.2) is 0 Å². The van der Waals surface area contributed by atoms with Crippen LogP contribution in [0, 0.1) is 13.8 Å². The van der Waals surface area contributed by atoms with Crippen LogP contribution < -0.4 is 4.74 Å². The first-order valence-corrected chi connectivity index (χ1v) is 5.20. The van der Waals surface area contributed by atoms with Crippen LogP contribution in [0.1, 0.15) is 38.8 Å². The third-order valence-electron chi connectivity index (χ3n) is 1.78. The molecule has 0 spiro atoms. The molecule has 80 valence electrons. The summed E-state index contributed by atoms with van der Waals surface area (Å²) in [5.41, 5.74) is 2.35. The Labute approximate surface area is 87.3 Å². The third-order valence-corrected chi connectivity index (χ3v) is 1.78. The highest BCUT2D eigenvalue weighted by molar-refractivity contribution is 5.31. The fourth-order valence-electron chi connectivity index (χ4n) is 0.949. The molecule has 1 aromatic heterocycles. The standard InChI is InChI=1S/C10H15NO.C2H6/c1-7(2)12-10-9(4)8(3)5-6-11-10;1-2/h5-7H,1-4H3;1-2H3. The van der Waals surface area contributed by atoms with Gasteiger partial charge >= 0.3 is 0 Å². The molecule has 0 saturated carbocycles. The fraction of sp³-hybridized carbons (Fsp3) is 0.583. The summed E-state index contributed by atoms with van der Waals surface area (Å²) in [5, 5.41) is 0. The number of hydrogen-bond acceptors (Lipinski definition) is 2. The van der Waals surface area contributed by atoms with Crippen molar-refractivity contribution in [2.24, 2.45) is 0 Å². The Kier molecular flexibility index (Phi) is 5.93. The van der Waals surface area contributed by atoms with E-state index in [1.165, 1.54) is 5.56 Å². The van der Waals surface area contributed by atoms with Gasteiger partial charge in [-0.25, -0.2) is 4.98 Å². The smallest absolute Gasteiger partial charge is 0.216 e. The van der Waals surface area contributed by atoms with Crippen molar-refractivity contribution in [2.75, 3.05) is 0 Å². The zero-order valence-electron chi connectivity index (χ0n) is 10.1. The van der Waals surface area contributed by atoms with Gasteiger partial charge in [-0.1, -0.05) is 13.8 Å². The van der Waals surface area contributed by atoms with Crippen molar-refractivity contribution in [2.45, 2.75) is 47.6 Å². The van der Waals surface area contributed by atoms with E-state index in [2.05, 4.69) is 11.9 Å². The van der Waals surface area contributed by atoms with Crippen molar-refractivity contribution in [3.05, 3.63) is 23.4 Å². The van der Waals surface area contributed by atoms with E-state index in [1.54, 1.807) is 6.20 Å². The number of nitrogens with zero attached hydrogens (tertiary/aromatic N) is 1. The lowest BCUT2D eigenvalue weighted by Crippen LogP contribution is -2.08. The SMILES string of the molecule is CC.Cc1ccnc(OC(C)C)c1C. The van der Waals surface area contributed by atoms with Crippen LogP contribution in [0.25, 0.3) is 0 Å². The zero-order valence-corrected chi connectivity index (χ0v) is 10.1. The van der Waals surface area contributed by atoms with E-state index in [1.807, 2.05) is 40.7 Å². The number of rotatable bonds is 2. The quantitative estimate of drug-likeness (QED) is 0.720. The second-order valence-electron chi connectivity index (χ2n) is 3.22. The van der Waals surface area contributed by atoms with Crippen LogP contribution in [-0.2, 0) is 0 Å². The Morgan fingerprint density at radius 1 is 1.21 bits per heavy atom. The molecule has 2 heteroatoms. The molecule has 1 aromatic rings. The van der Waals surface area contributed by atoms with Crippen LogP contribution >= 0.6 is 0 Å². The van der Waals surface area contributed by atoms with Gasteiger partial charge in [0, 0.05) is 11.8 Å². The predicted molar refractivity (Wildman–Crippen MR) is 60.8 cm³/mol. The van der Waals surface area contributed by atoms with Crippen molar-refractivity contribution in [1.82, 2.24) is 4.98 Å². The molecule has 0 unspecified atom stereocenters. The van der Waals surface area contributed by atoms with Gasteiger partial charge in [0.25, 0.3) is 0 Å². The lowest BCUT2D eigenvalue weighted by molar-refractivity contribution is 0.230. The second-order valence-corrected chi connectivity index (χ2v) is 3.22. The van der Waals surface area contributed by atoms with Gasteiger partial charge in [-0.05, 0) is 39.3 Å². The molecule has 0 saturated heterocycles. The summed E-state index contributed by atoms with van der Waals surface area (Å²) in [5.74, 6) is 0.755. The Morgan fingerprint density at radius 3 is 2.29 bits per heavy atom. The van der Waals surface area contributed by atoms with Crippen LogP contribution in [0.5, 0.6) is 5.88 Å². The minimum absolute atomic E-state index is 0.193. The van der Waals surface area contributed by atoms with E-state index in [0.29, 0.717) is 0 Å². The van der Waals surface area contributed by atoms with Crippen LogP contribution in [-0.4, -0.2) is 11.1 Å². The van der Waals surface area contributed by atoms with Gasteiger partial charge in [0.1, 0.15) is 0 Å². The minimum Gasteiger partial charge on any atom is -0.475 e. The summed E-state index contributed by atoms with van der Waals surface area (Å²) < 4.78 is 5.51. The zero-order chi connectivity index (χ0) is 11.1. The number of ether oxygens (including phenoxy) is 1. The van der Waals surface area contributed by atoms with Gasteiger partial charge in [-0.2, -0.15) is 0 Å². The first kappa shape index (κ1) is 12.9. The molecule has 0 atom stereocenters. The minimum atomic E-state index is 0.193. The van der Waals surface area contributed by atoms with Gasteiger partial charge in [0.05, 0.1) is 6.10 Å². The summed E-state index contributed by atoms with van der Waals surface area (Å²) in [4.78, 5) is 4.16. The van der Waals surface area contributed by atoms with E-state index in [-0.39, 0.29) is 6.10 Å². The van der Waals surface area contributed by atoms with Gasteiger partial charge < -0.3 is 4.74 Å². The maximum atomic E-state index is 5.51. The van der Waals surface area contributed by atoms with Crippen molar-refractivity contribution < 1.29 is 4.74 Å². The largest absolute Gasteiger partial charge is 0.475 e. The maximum Gasteiger partial charge on any atom is 0.216 e. The maximum absolute atomic E-state index is 5.51. The lowest BCUT2D eigenvalue weighted by atomic mass is 10.2. The molecule has 1 rings (SSSR count). The lowest BCUT2D eigenvalue weighted by Gasteiger charge is -2.11. The monoisotopic (exact) mass is 195 g/mol. The highest BCUT2D eigenvalue weighted by Crippen LogP contribution is 2.17. The van der Waals surface area contributed by atoms with Crippen LogP contribution in [0.3, 0.4) is 0 Å². The second kappa shape index (κ2) is 6.41. The Morgan fingerprint density at radius 2 is 1.79 bits per heavy atom. The number of pyridine rings is 1. The fourth-order valence-corrected chi connectivity index (χ4v) is 0.949. The van der Waals surface area contributed by atoms with E-state index in [9.17, 15) is 0 Å². The van der Waals surface area contributed by atoms with E-state index in [4.69, 9.17) is 4.74 Å². The highest BCUT2D eigenvalue weighted by Gasteiger charge is 2.04. The van der Waals surface area contributed by atoms with Gasteiger partial charge in [-0.15, -0.1) is 0 Å². The Balaban J connectivity index is 0.000000791. The molecule has 0 fully saturated rings. The molecule has 0 aliphatic heterocycles. The van der Waals surface area contributed by atoms with E-state index in [0.717, 1.165) is 11.4 Å². The summed E-state index contributed by atoms with van der Waals surface area (Å²) in [6.07, 6.45) is 1.97. The number of aromatic nitrogens is 1. The van der Waals surface area contributed by atoms with E-state index < -0.39 is 0 Å². The number of aryl methyl sites for hydroxylation is 1. The molecule has 0 N–H and O–H groups in total. The first-order valence-electron chi connectivity index (χ1n) is 5.20. The molecule has 0 radical (unpaired) electrons. The molecule has 0 amide bonds. The molecule has 1 heterocycles. The average molecular weight is 195 g/mol. The van der Waals surface area contributed by atoms with Crippen molar-refractivity contribution >= 4 is 0 Å². The normalized spacial score (nSPS) is 9.36. The highest BCUT2D eigenvalue weighted by atomic mass is 16.5. The van der Waals surface area contributed by atoms with Crippen molar-refractivity contribution in [3.8, 4) is 5.88 Å². The van der Waals surface area contributed by atoms with Crippen LogP contribution in [0.15, 0.2) is 12.3 Å². The topological polar surface area (TPSA) is 22.1 Å². The van der Waals surface area contributed by atoms with Gasteiger partial charge in [0.2, 0.25) is 5.88 Å². The van der Waals surface area contributed by atoms with Crippen molar-refractivity contribution in [3.63, 3.8) is 0 Å². The summed E-state index contributed by atoms with van der Waals surface area (Å²) in [6.45, 7) is 12.1. The summed E-state index contributed by atoms with van der Waals surface area (Å²) in [6, 6.07) is 1.99. The average Bonchev–Trinajstić information content (AvgIpc) is 2.16. The molecular weight excluding hydrogens is 174 g/mol. The van der Waals surface area contributed by atoms with Crippen LogP contribution in [0.4, 0.5) is 0 Å². The van der Waals surface area contributed by atoms with Crippen molar-refractivity contribution in [1.29, 1.82) is 0 Å². The van der Waals surface area contributed by atoms with E-state index >= 15 is 0 Å². The third kappa shape index (κ3) is 3.77. The first-order chi connectivity index (χ1) is 6.61. The summed E-state index contributed by atoms with van der Waals surface area (Å²) in [7, 11) is 0. The summed E-state index contributed by atoms with van der Waals surface area (Å²) >= 11 is 0. The van der Waals surface area contributed by atoms with Crippen LogP contribution in [0.2, 0.25) is 0 Å². The molecule has 2 nitrogen and oxygen atoms in total. The van der Waals surface area contributed by atoms with Gasteiger partial charge in [-0.3, -0.25) is 0 Å².